The van der Waals surface area contributed by atoms with Crippen molar-refractivity contribution >= 4 is 17.5 Å². The molecule has 0 bridgehead atoms. The van der Waals surface area contributed by atoms with Crippen LogP contribution in [0, 0.1) is 10.1 Å². The Morgan fingerprint density at radius 3 is 2.90 bits per heavy atom. The van der Waals surface area contributed by atoms with E-state index in [2.05, 4.69) is 20.1 Å². The molecule has 1 N–H and O–H groups in total. The third-order valence-electron chi connectivity index (χ3n) is 2.69. The van der Waals surface area contributed by atoms with Gasteiger partial charge in [0.25, 0.3) is 0 Å². The smallest absolute Gasteiger partial charge is 0.339 e. The zero-order valence-corrected chi connectivity index (χ0v) is 11.4. The van der Waals surface area contributed by atoms with Crippen LogP contribution in [0.15, 0.2) is 24.5 Å². The van der Waals surface area contributed by atoms with E-state index in [9.17, 15) is 14.9 Å². The molecule has 2 aromatic rings. The lowest BCUT2D eigenvalue weighted by Crippen LogP contribution is -2.08. The van der Waals surface area contributed by atoms with Gasteiger partial charge in [0.1, 0.15) is 0 Å². The zero-order chi connectivity index (χ0) is 15.4. The van der Waals surface area contributed by atoms with Crippen molar-refractivity contribution in [1.82, 2.24) is 14.8 Å². The van der Waals surface area contributed by atoms with E-state index in [1.165, 1.54) is 13.3 Å². The van der Waals surface area contributed by atoms with Gasteiger partial charge in [0, 0.05) is 25.5 Å². The first kappa shape index (κ1) is 14.4. The molecule has 9 nitrogen and oxygen atoms in total. The van der Waals surface area contributed by atoms with Crippen LogP contribution in [-0.4, -0.2) is 32.8 Å². The normalized spacial score (nSPS) is 10.2. The second-order valence-corrected chi connectivity index (χ2v) is 4.17. The summed E-state index contributed by atoms with van der Waals surface area (Å²) in [5.41, 5.74) is 0.437. The van der Waals surface area contributed by atoms with Crippen LogP contribution in [0.3, 0.4) is 0 Å². The number of pyridine rings is 1. The number of esters is 1. The van der Waals surface area contributed by atoms with Gasteiger partial charge in [0.15, 0.2) is 0 Å². The highest BCUT2D eigenvalue weighted by Gasteiger charge is 2.19. The summed E-state index contributed by atoms with van der Waals surface area (Å²) in [4.78, 5) is 25.7. The van der Waals surface area contributed by atoms with Crippen molar-refractivity contribution in [1.29, 1.82) is 0 Å². The number of ether oxygens (including phenoxy) is 1. The highest BCUT2D eigenvalue weighted by molar-refractivity contribution is 5.90. The Balaban J connectivity index is 2.22. The molecule has 0 aliphatic carbocycles. The SMILES string of the molecule is COC(=O)c1cnc(NCc2ccn(C)n2)c([N+](=O)[O-])c1. The van der Waals surface area contributed by atoms with Gasteiger partial charge in [-0.2, -0.15) is 5.10 Å². The molecule has 0 saturated carbocycles. The van der Waals surface area contributed by atoms with Gasteiger partial charge in [-0.25, -0.2) is 9.78 Å². The summed E-state index contributed by atoms with van der Waals surface area (Å²) in [6, 6.07) is 2.90. The van der Waals surface area contributed by atoms with E-state index < -0.39 is 10.9 Å². The number of nitrogens with one attached hydrogen (secondary N) is 1. The number of rotatable bonds is 5. The quantitative estimate of drug-likeness (QED) is 0.499. The minimum Gasteiger partial charge on any atom is -0.465 e. The van der Waals surface area contributed by atoms with E-state index in [1.54, 1.807) is 24.0 Å². The predicted octanol–water partition coefficient (Wildman–Crippen LogP) is 1.12. The van der Waals surface area contributed by atoms with E-state index in [0.717, 1.165) is 6.07 Å². The van der Waals surface area contributed by atoms with Gasteiger partial charge >= 0.3 is 11.7 Å². The van der Waals surface area contributed by atoms with Crippen molar-refractivity contribution in [3.8, 4) is 0 Å². The van der Waals surface area contributed by atoms with Gasteiger partial charge < -0.3 is 10.1 Å². The predicted molar refractivity (Wildman–Crippen MR) is 72.8 cm³/mol. The molecule has 2 heterocycles. The summed E-state index contributed by atoms with van der Waals surface area (Å²) >= 11 is 0. The largest absolute Gasteiger partial charge is 0.465 e. The first-order valence-corrected chi connectivity index (χ1v) is 5.96. The molecule has 110 valence electrons. The molecule has 0 saturated heterocycles. The molecule has 0 aromatic carbocycles. The average Bonchev–Trinajstić information content (AvgIpc) is 2.89. The number of hydrogen-bond acceptors (Lipinski definition) is 7. The number of anilines is 1. The van der Waals surface area contributed by atoms with Crippen LogP contribution in [0.25, 0.3) is 0 Å². The molecule has 2 rings (SSSR count). The van der Waals surface area contributed by atoms with Crippen LogP contribution in [0.2, 0.25) is 0 Å². The van der Waals surface area contributed by atoms with E-state index in [-0.39, 0.29) is 23.6 Å². The third-order valence-corrected chi connectivity index (χ3v) is 2.69. The highest BCUT2D eigenvalue weighted by atomic mass is 16.6. The summed E-state index contributed by atoms with van der Waals surface area (Å²) in [6.45, 7) is 0.284. The minimum absolute atomic E-state index is 0.0209. The van der Waals surface area contributed by atoms with E-state index in [1.807, 2.05) is 0 Å². The third kappa shape index (κ3) is 3.32. The number of aryl methyl sites for hydroxylation is 1. The maximum absolute atomic E-state index is 11.4. The van der Waals surface area contributed by atoms with Gasteiger partial charge in [-0.15, -0.1) is 0 Å². The number of nitrogens with zero attached hydrogens (tertiary/aromatic N) is 4. The van der Waals surface area contributed by atoms with Crippen molar-refractivity contribution in [3.05, 3.63) is 45.9 Å². The fourth-order valence-electron chi connectivity index (χ4n) is 1.69. The fraction of sp³-hybridized carbons (Fsp3) is 0.250. The van der Waals surface area contributed by atoms with Gasteiger partial charge in [0.05, 0.1) is 29.8 Å². The van der Waals surface area contributed by atoms with Crippen molar-refractivity contribution in [2.75, 3.05) is 12.4 Å². The summed E-state index contributed by atoms with van der Waals surface area (Å²) in [5.74, 6) is -0.611. The van der Waals surface area contributed by atoms with Crippen LogP contribution < -0.4 is 5.32 Å². The standard InChI is InChI=1S/C12H13N5O4/c1-16-4-3-9(15-16)7-14-11-10(17(19)20)5-8(6-13-11)12(18)21-2/h3-6H,7H2,1-2H3,(H,13,14). The first-order valence-electron chi connectivity index (χ1n) is 5.96. The van der Waals surface area contributed by atoms with Gasteiger partial charge in [-0.3, -0.25) is 14.8 Å². The van der Waals surface area contributed by atoms with E-state index in [4.69, 9.17) is 0 Å². The van der Waals surface area contributed by atoms with Crippen molar-refractivity contribution in [2.45, 2.75) is 6.54 Å². The Morgan fingerprint density at radius 1 is 1.57 bits per heavy atom. The monoisotopic (exact) mass is 291 g/mol. The van der Waals surface area contributed by atoms with Crippen molar-refractivity contribution < 1.29 is 14.5 Å². The molecule has 0 radical (unpaired) electrons. The molecular formula is C12H13N5O4. The summed E-state index contributed by atoms with van der Waals surface area (Å²) in [6.07, 6.45) is 2.98. The summed E-state index contributed by atoms with van der Waals surface area (Å²) in [5, 5.41) is 18.0. The minimum atomic E-state index is -0.679. The number of methoxy groups -OCH3 is 1. The Morgan fingerprint density at radius 2 is 2.33 bits per heavy atom. The second kappa shape index (κ2) is 5.99. The Bertz CT molecular complexity index is 682. The number of carbonyl (C=O) groups is 1. The second-order valence-electron chi connectivity index (χ2n) is 4.17. The maximum atomic E-state index is 11.4. The topological polar surface area (TPSA) is 112 Å². The fourth-order valence-corrected chi connectivity index (χ4v) is 1.69. The molecule has 0 spiro atoms. The van der Waals surface area contributed by atoms with Gasteiger partial charge in [-0.1, -0.05) is 0 Å². The molecule has 0 atom stereocenters. The molecular weight excluding hydrogens is 278 g/mol. The number of nitro groups is 1. The van der Waals surface area contributed by atoms with Crippen molar-refractivity contribution in [2.24, 2.45) is 7.05 Å². The number of carbonyl (C=O) groups excluding carboxylic acids is 1. The molecule has 0 aliphatic heterocycles. The van der Waals surface area contributed by atoms with E-state index in [0.29, 0.717) is 5.69 Å². The molecule has 0 amide bonds. The van der Waals surface area contributed by atoms with Gasteiger partial charge in [-0.05, 0) is 6.07 Å². The van der Waals surface area contributed by atoms with Gasteiger partial charge in [0.2, 0.25) is 5.82 Å². The molecule has 21 heavy (non-hydrogen) atoms. The highest BCUT2D eigenvalue weighted by Crippen LogP contribution is 2.23. The molecule has 0 unspecified atom stereocenters. The van der Waals surface area contributed by atoms with Crippen LogP contribution >= 0.6 is 0 Å². The summed E-state index contributed by atoms with van der Waals surface area (Å²) < 4.78 is 6.13. The number of hydrogen-bond donors (Lipinski definition) is 1. The van der Waals surface area contributed by atoms with E-state index >= 15 is 0 Å². The van der Waals surface area contributed by atoms with Crippen LogP contribution in [0.4, 0.5) is 11.5 Å². The molecule has 9 heteroatoms. The van der Waals surface area contributed by atoms with Crippen LogP contribution in [0.5, 0.6) is 0 Å². The Kier molecular flexibility index (Phi) is 4.12. The lowest BCUT2D eigenvalue weighted by atomic mass is 10.2. The van der Waals surface area contributed by atoms with Crippen LogP contribution in [-0.2, 0) is 18.3 Å². The first-order chi connectivity index (χ1) is 10.0. The lowest BCUT2D eigenvalue weighted by molar-refractivity contribution is -0.384. The lowest BCUT2D eigenvalue weighted by Gasteiger charge is -2.06. The Labute approximate surface area is 119 Å². The molecule has 0 aliphatic rings. The maximum Gasteiger partial charge on any atom is 0.339 e. The number of aromatic nitrogens is 3. The Hall–Kier alpha value is -2.97. The van der Waals surface area contributed by atoms with Crippen molar-refractivity contribution in [3.63, 3.8) is 0 Å². The average molecular weight is 291 g/mol. The summed E-state index contributed by atoms with van der Waals surface area (Å²) in [7, 11) is 2.97. The molecule has 2 aromatic heterocycles. The molecule has 0 fully saturated rings. The zero-order valence-electron chi connectivity index (χ0n) is 11.4. The van der Waals surface area contributed by atoms with Crippen LogP contribution in [0.1, 0.15) is 16.1 Å².